The molecule has 18 heavy (non-hydrogen) atoms. The minimum absolute atomic E-state index is 0.696. The second kappa shape index (κ2) is 4.67. The number of carboxylic acid groups (broad SMARTS) is 1. The van der Waals surface area contributed by atoms with E-state index >= 15 is 0 Å². The first-order valence-electron chi connectivity index (χ1n) is 5.38. The Labute approximate surface area is 105 Å². The number of hydrogen-bond donors (Lipinski definition) is 2. The van der Waals surface area contributed by atoms with Gasteiger partial charge in [0.25, 0.3) is 0 Å². The van der Waals surface area contributed by atoms with Crippen molar-refractivity contribution in [1.82, 2.24) is 14.9 Å². The van der Waals surface area contributed by atoms with Gasteiger partial charge < -0.3 is 14.4 Å². The molecule has 0 bridgehead atoms. The summed E-state index contributed by atoms with van der Waals surface area (Å²) in [5.41, 5.74) is -2.34. The Bertz CT molecular complexity index is 436. The number of aromatic nitrogens is 2. The van der Waals surface area contributed by atoms with E-state index < -0.39 is 23.3 Å². The van der Waals surface area contributed by atoms with Crippen LogP contribution in [0.15, 0.2) is 18.7 Å². The summed E-state index contributed by atoms with van der Waals surface area (Å²) in [6.45, 7) is 6.44. The van der Waals surface area contributed by atoms with E-state index in [-0.39, 0.29) is 0 Å². The summed E-state index contributed by atoms with van der Waals surface area (Å²) < 4.78 is 6.31. The first kappa shape index (κ1) is 14.0. The van der Waals surface area contributed by atoms with Crippen LogP contribution in [-0.2, 0) is 15.2 Å². The number of nitrogens with zero attached hydrogens (tertiary/aromatic N) is 2. The van der Waals surface area contributed by atoms with Gasteiger partial charge in [0.15, 0.2) is 0 Å². The maximum Gasteiger partial charge on any atom is 0.409 e. The molecule has 0 saturated carbocycles. The maximum absolute atomic E-state index is 11.6. The molecular weight excluding hydrogens is 238 g/mol. The summed E-state index contributed by atoms with van der Waals surface area (Å²) in [4.78, 5) is 26.7. The number of carbonyl (C=O) groups excluding carboxylic acids is 1. The third kappa shape index (κ3) is 3.22. The Kier molecular flexibility index (Phi) is 3.64. The molecule has 1 heterocycles. The molecule has 1 amide bonds. The fourth-order valence-corrected chi connectivity index (χ4v) is 1.25. The van der Waals surface area contributed by atoms with E-state index in [4.69, 9.17) is 4.74 Å². The first-order chi connectivity index (χ1) is 8.15. The molecule has 2 N–H and O–H groups in total. The van der Waals surface area contributed by atoms with Crippen LogP contribution in [0.3, 0.4) is 0 Å². The predicted molar refractivity (Wildman–Crippen MR) is 62.9 cm³/mol. The molecule has 7 nitrogen and oxygen atoms in total. The van der Waals surface area contributed by atoms with Crippen LogP contribution in [0.25, 0.3) is 0 Å². The summed E-state index contributed by atoms with van der Waals surface area (Å²) >= 11 is 0. The number of carbonyl (C=O) groups is 2. The van der Waals surface area contributed by atoms with E-state index in [1.54, 1.807) is 20.8 Å². The summed E-state index contributed by atoms with van der Waals surface area (Å²) in [7, 11) is 0. The lowest BCUT2D eigenvalue weighted by molar-refractivity contribution is -0.148. The summed E-state index contributed by atoms with van der Waals surface area (Å²) in [6, 6.07) is 0. The van der Waals surface area contributed by atoms with Crippen LogP contribution < -0.4 is 5.32 Å². The van der Waals surface area contributed by atoms with E-state index in [1.165, 1.54) is 30.2 Å². The highest BCUT2D eigenvalue weighted by Gasteiger charge is 2.38. The highest BCUT2D eigenvalue weighted by Crippen LogP contribution is 2.14. The Morgan fingerprint density at radius 2 is 1.94 bits per heavy atom. The fraction of sp³-hybridized carbons (Fsp3) is 0.545. The normalized spacial score (nSPS) is 14.7. The van der Waals surface area contributed by atoms with Gasteiger partial charge in [-0.15, -0.1) is 0 Å². The van der Waals surface area contributed by atoms with Gasteiger partial charge in [0.1, 0.15) is 5.60 Å². The van der Waals surface area contributed by atoms with Gasteiger partial charge in [-0.1, -0.05) is 0 Å². The Balaban J connectivity index is 2.89. The lowest BCUT2D eigenvalue weighted by Gasteiger charge is -2.29. The molecule has 100 valence electrons. The van der Waals surface area contributed by atoms with Crippen LogP contribution >= 0.6 is 0 Å². The standard InChI is InChI=1S/C11H17N3O4/c1-10(2,3)18-9(17)13-11(4,8(15)16)14-6-5-12-7-14/h5-7H,1-4H3,(H,13,17)(H,15,16)/t11-/m1/s1. The van der Waals surface area contributed by atoms with Crippen LogP contribution in [0.4, 0.5) is 4.79 Å². The van der Waals surface area contributed by atoms with Crippen molar-refractivity contribution in [1.29, 1.82) is 0 Å². The zero-order chi connectivity index (χ0) is 14.0. The van der Waals surface area contributed by atoms with Crippen molar-refractivity contribution in [2.75, 3.05) is 0 Å². The Morgan fingerprint density at radius 1 is 1.33 bits per heavy atom. The van der Waals surface area contributed by atoms with E-state index in [0.29, 0.717) is 0 Å². The van der Waals surface area contributed by atoms with Crippen molar-refractivity contribution in [3.05, 3.63) is 18.7 Å². The minimum Gasteiger partial charge on any atom is -0.478 e. The number of ether oxygens (including phenoxy) is 1. The second-order valence-corrected chi connectivity index (χ2v) is 4.97. The van der Waals surface area contributed by atoms with Crippen molar-refractivity contribution in [3.8, 4) is 0 Å². The van der Waals surface area contributed by atoms with E-state index in [9.17, 15) is 14.7 Å². The zero-order valence-corrected chi connectivity index (χ0v) is 10.8. The van der Waals surface area contributed by atoms with Gasteiger partial charge in [0.2, 0.25) is 5.66 Å². The molecule has 1 atom stereocenters. The van der Waals surface area contributed by atoms with Crippen LogP contribution in [0.2, 0.25) is 0 Å². The van der Waals surface area contributed by atoms with Crippen LogP contribution in [0.1, 0.15) is 27.7 Å². The average Bonchev–Trinajstić information content (AvgIpc) is 2.66. The molecule has 1 rings (SSSR count). The summed E-state index contributed by atoms with van der Waals surface area (Å²) in [6.07, 6.45) is 3.38. The SMILES string of the molecule is CC(C)(C)OC(=O)N[C@@](C)(C(=O)O)n1ccnc1. The fourth-order valence-electron chi connectivity index (χ4n) is 1.25. The van der Waals surface area contributed by atoms with E-state index in [0.717, 1.165) is 0 Å². The van der Waals surface area contributed by atoms with Gasteiger partial charge in [0.05, 0.1) is 6.33 Å². The van der Waals surface area contributed by atoms with Gasteiger partial charge in [-0.05, 0) is 27.7 Å². The number of imidazole rings is 1. The quantitative estimate of drug-likeness (QED) is 0.845. The molecule has 0 aliphatic carbocycles. The largest absolute Gasteiger partial charge is 0.478 e. The third-order valence-corrected chi connectivity index (χ3v) is 2.18. The number of aliphatic carboxylic acids is 1. The topological polar surface area (TPSA) is 93.5 Å². The molecule has 0 radical (unpaired) electrons. The molecule has 0 saturated heterocycles. The average molecular weight is 255 g/mol. The van der Waals surface area contributed by atoms with Gasteiger partial charge in [-0.3, -0.25) is 5.32 Å². The summed E-state index contributed by atoms with van der Waals surface area (Å²) in [5, 5.41) is 11.5. The third-order valence-electron chi connectivity index (χ3n) is 2.18. The van der Waals surface area contributed by atoms with Crippen molar-refractivity contribution in [2.24, 2.45) is 0 Å². The van der Waals surface area contributed by atoms with Gasteiger partial charge >= 0.3 is 12.1 Å². The first-order valence-corrected chi connectivity index (χ1v) is 5.38. The second-order valence-electron chi connectivity index (χ2n) is 4.97. The van der Waals surface area contributed by atoms with Gasteiger partial charge in [-0.2, -0.15) is 0 Å². The highest BCUT2D eigenvalue weighted by atomic mass is 16.6. The van der Waals surface area contributed by atoms with Gasteiger partial charge in [-0.25, -0.2) is 14.6 Å². The molecule has 1 aromatic rings. The lowest BCUT2D eigenvalue weighted by atomic mass is 10.2. The molecular formula is C11H17N3O4. The van der Waals surface area contributed by atoms with E-state index in [1.807, 2.05) is 0 Å². The predicted octanol–water partition coefficient (Wildman–Crippen LogP) is 1.17. The van der Waals surface area contributed by atoms with Gasteiger partial charge in [0, 0.05) is 12.4 Å². The lowest BCUT2D eigenvalue weighted by Crippen LogP contribution is -2.54. The molecule has 7 heteroatoms. The molecule has 0 aromatic carbocycles. The van der Waals surface area contributed by atoms with E-state index in [2.05, 4.69) is 10.3 Å². The van der Waals surface area contributed by atoms with Crippen LogP contribution in [-0.4, -0.2) is 32.3 Å². The minimum atomic E-state index is -1.64. The number of hydrogen-bond acceptors (Lipinski definition) is 4. The smallest absolute Gasteiger partial charge is 0.409 e. The molecule has 0 aliphatic heterocycles. The summed E-state index contributed by atoms with van der Waals surface area (Å²) in [5.74, 6) is -1.22. The number of carboxylic acids is 1. The maximum atomic E-state index is 11.6. The number of nitrogens with one attached hydrogen (secondary N) is 1. The Morgan fingerprint density at radius 3 is 2.33 bits per heavy atom. The van der Waals surface area contributed by atoms with Crippen LogP contribution in [0, 0.1) is 0 Å². The molecule has 0 fully saturated rings. The zero-order valence-electron chi connectivity index (χ0n) is 10.8. The van der Waals surface area contributed by atoms with Crippen molar-refractivity contribution in [3.63, 3.8) is 0 Å². The number of rotatable bonds is 3. The Hall–Kier alpha value is -2.05. The monoisotopic (exact) mass is 255 g/mol. The molecule has 0 aliphatic rings. The van der Waals surface area contributed by atoms with Crippen molar-refractivity contribution in [2.45, 2.75) is 39.0 Å². The molecule has 0 unspecified atom stereocenters. The molecule has 0 spiro atoms. The number of amides is 1. The van der Waals surface area contributed by atoms with Crippen LogP contribution in [0.5, 0.6) is 0 Å². The number of alkyl carbamates (subject to hydrolysis) is 1. The highest BCUT2D eigenvalue weighted by molar-refractivity contribution is 5.81. The van der Waals surface area contributed by atoms with Crippen molar-refractivity contribution < 1.29 is 19.4 Å². The van der Waals surface area contributed by atoms with Crippen molar-refractivity contribution >= 4 is 12.1 Å². The molecule has 1 aromatic heterocycles.